The van der Waals surface area contributed by atoms with Crippen molar-refractivity contribution in [3.63, 3.8) is 0 Å². The van der Waals surface area contributed by atoms with Gasteiger partial charge in [-0.1, -0.05) is 0 Å². The van der Waals surface area contributed by atoms with Gasteiger partial charge in [-0.15, -0.1) is 0 Å². The van der Waals surface area contributed by atoms with E-state index in [4.69, 9.17) is 13.0 Å². The molecule has 0 aromatic rings. The third kappa shape index (κ3) is 5.19. The second-order valence-electron chi connectivity index (χ2n) is 1.04. The molecule has 0 aliphatic rings. The van der Waals surface area contributed by atoms with Crippen LogP contribution in [0.3, 0.4) is 0 Å². The number of ether oxygens (including phenoxy) is 1. The number of rotatable bonds is 3. The molecule has 0 bridgehead atoms. The molecule has 0 aliphatic heterocycles. The molecule has 0 amide bonds. The van der Waals surface area contributed by atoms with Gasteiger partial charge in [0.05, 0.1) is 0 Å². The summed E-state index contributed by atoms with van der Waals surface area (Å²) in [4.78, 5) is 0. The Bertz CT molecular complexity index is 22.8. The first-order chi connectivity index (χ1) is 2.91. The number of hydrogen-bond acceptors (Lipinski definition) is 1. The summed E-state index contributed by atoms with van der Waals surface area (Å²) in [7, 11) is 7.23. The zero-order chi connectivity index (χ0) is 4.83. The molecule has 1 nitrogen and oxygen atoms in total. The fourth-order valence-corrected chi connectivity index (χ4v) is 2.70. The zero-order valence-corrected chi connectivity index (χ0v) is 10.2. The van der Waals surface area contributed by atoms with Crippen LogP contribution in [0.2, 0.25) is 3.93 Å². The molecule has 0 rings (SSSR count). The van der Waals surface area contributed by atoms with E-state index in [2.05, 4.69) is 0 Å². The van der Waals surface area contributed by atoms with E-state index in [1.165, 1.54) is 3.93 Å². The number of hydrogen-bond donors (Lipinski definition) is 0. The molecule has 0 radical (unpaired) electrons. The second-order valence-corrected chi connectivity index (χ2v) is 8.57. The maximum atomic E-state index is 5.52. The molecule has 0 atom stereocenters. The Balaban J connectivity index is 2.34. The van der Waals surface area contributed by atoms with Crippen LogP contribution >= 0.6 is 8.25 Å². The Morgan fingerprint density at radius 1 is 1.83 bits per heavy atom. The van der Waals surface area contributed by atoms with E-state index in [0.717, 1.165) is 6.61 Å². The minimum atomic E-state index is -0.821. The molecule has 3 heteroatoms. The SMILES string of the molecule is COC[CH2][Hg][Cl]. The Morgan fingerprint density at radius 3 is 2.67 bits per heavy atom. The van der Waals surface area contributed by atoms with Gasteiger partial charge in [-0.3, -0.25) is 0 Å². The quantitative estimate of drug-likeness (QED) is 0.563. The van der Waals surface area contributed by atoms with Gasteiger partial charge in [0.1, 0.15) is 0 Å². The van der Waals surface area contributed by atoms with Crippen LogP contribution in [0, 0.1) is 0 Å². The minimum absolute atomic E-state index is 0.821. The second kappa shape index (κ2) is 6.19. The van der Waals surface area contributed by atoms with Crippen molar-refractivity contribution in [3.8, 4) is 0 Å². The molecule has 0 unspecified atom stereocenters. The van der Waals surface area contributed by atoms with Gasteiger partial charge in [0.15, 0.2) is 0 Å². The molecule has 0 heterocycles. The molecule has 0 aromatic carbocycles. The maximum absolute atomic E-state index is 5.52. The molecule has 6 heavy (non-hydrogen) atoms. The van der Waals surface area contributed by atoms with E-state index in [1.807, 2.05) is 0 Å². The van der Waals surface area contributed by atoms with Gasteiger partial charge in [-0.25, -0.2) is 0 Å². The van der Waals surface area contributed by atoms with Gasteiger partial charge < -0.3 is 0 Å². The number of halogens is 1. The van der Waals surface area contributed by atoms with Crippen molar-refractivity contribution >= 4 is 8.25 Å². The number of methoxy groups -OCH3 is 1. The molecule has 34 valence electrons. The topological polar surface area (TPSA) is 9.23 Å². The van der Waals surface area contributed by atoms with E-state index in [0.29, 0.717) is 0 Å². The first kappa shape index (κ1) is 7.19. The Hall–Kier alpha value is 1.19. The Morgan fingerprint density at radius 2 is 2.50 bits per heavy atom. The van der Waals surface area contributed by atoms with Gasteiger partial charge in [0.2, 0.25) is 0 Å². The van der Waals surface area contributed by atoms with Crippen LogP contribution in [0.25, 0.3) is 0 Å². The van der Waals surface area contributed by atoms with E-state index >= 15 is 0 Å². The van der Waals surface area contributed by atoms with Crippen LogP contribution in [-0.2, 0) is 28.1 Å². The molecular formula is C3H7ClHgO. The van der Waals surface area contributed by atoms with E-state index in [1.54, 1.807) is 7.11 Å². The van der Waals surface area contributed by atoms with Crippen molar-refractivity contribution in [1.29, 1.82) is 0 Å². The monoisotopic (exact) mass is 296 g/mol. The average Bonchev–Trinajstić information content (AvgIpc) is 1.61. The van der Waals surface area contributed by atoms with Crippen LogP contribution in [0.4, 0.5) is 0 Å². The van der Waals surface area contributed by atoms with Crippen molar-refractivity contribution in [2.24, 2.45) is 0 Å². The van der Waals surface area contributed by atoms with Crippen molar-refractivity contribution in [1.82, 2.24) is 0 Å². The fourth-order valence-electron chi connectivity index (χ4n) is 0.199. The van der Waals surface area contributed by atoms with Gasteiger partial charge in [0.25, 0.3) is 0 Å². The molecule has 0 N–H and O–H groups in total. The van der Waals surface area contributed by atoms with Gasteiger partial charge >= 0.3 is 54.0 Å². The summed E-state index contributed by atoms with van der Waals surface area (Å²) in [6, 6.07) is 0. The molecule has 0 aliphatic carbocycles. The summed E-state index contributed by atoms with van der Waals surface area (Å²) in [6.45, 7) is 0.880. The molecule has 0 fully saturated rings. The predicted molar refractivity (Wildman–Crippen MR) is 22.5 cm³/mol. The first-order valence-corrected chi connectivity index (χ1v) is 12.6. The Kier molecular flexibility index (Phi) is 7.41. The van der Waals surface area contributed by atoms with Crippen LogP contribution in [0.1, 0.15) is 0 Å². The average molecular weight is 295 g/mol. The molecule has 0 saturated carbocycles. The molecule has 0 aromatic heterocycles. The standard InChI is InChI=1S/C3H7O.ClH.Hg/c1-3-4-2;;/h1,3H2,2H3;1H;/q;;+1/p-1. The van der Waals surface area contributed by atoms with E-state index in [-0.39, 0.29) is 0 Å². The van der Waals surface area contributed by atoms with Gasteiger partial charge in [-0.2, -0.15) is 0 Å². The molecule has 0 spiro atoms. The van der Waals surface area contributed by atoms with Crippen molar-refractivity contribution in [2.45, 2.75) is 3.93 Å². The van der Waals surface area contributed by atoms with Crippen LogP contribution in [-0.4, -0.2) is 13.7 Å². The molecular weight excluding hydrogens is 288 g/mol. The third-order valence-corrected chi connectivity index (χ3v) is 4.99. The summed E-state index contributed by atoms with van der Waals surface area (Å²) in [5.74, 6) is 0. The van der Waals surface area contributed by atoms with Gasteiger partial charge in [0, 0.05) is 0 Å². The summed E-state index contributed by atoms with van der Waals surface area (Å²) < 4.78 is 5.93. The normalized spacial score (nSPS) is 7.67. The van der Waals surface area contributed by atoms with Crippen molar-refractivity contribution < 1.29 is 28.1 Å². The summed E-state index contributed by atoms with van der Waals surface area (Å²) in [6.07, 6.45) is 0. The summed E-state index contributed by atoms with van der Waals surface area (Å²) in [5.41, 5.74) is 0. The van der Waals surface area contributed by atoms with Crippen LogP contribution in [0.5, 0.6) is 0 Å². The van der Waals surface area contributed by atoms with Crippen LogP contribution < -0.4 is 0 Å². The molecule has 0 saturated heterocycles. The zero-order valence-electron chi connectivity index (χ0n) is 3.91. The Labute approximate surface area is 53.9 Å². The van der Waals surface area contributed by atoms with E-state index < -0.39 is 23.3 Å². The first-order valence-electron chi connectivity index (χ1n) is 1.96. The van der Waals surface area contributed by atoms with Crippen molar-refractivity contribution in [2.75, 3.05) is 13.7 Å². The summed E-state index contributed by atoms with van der Waals surface area (Å²) in [5, 5.41) is 0. The fraction of sp³-hybridized carbons (Fsp3) is 1.00. The predicted octanol–water partition coefficient (Wildman–Crippen LogP) is 1.29. The summed E-state index contributed by atoms with van der Waals surface area (Å²) >= 11 is -0.821. The van der Waals surface area contributed by atoms with E-state index in [9.17, 15) is 0 Å². The van der Waals surface area contributed by atoms with Crippen molar-refractivity contribution in [3.05, 3.63) is 0 Å². The van der Waals surface area contributed by atoms with Crippen LogP contribution in [0.15, 0.2) is 0 Å². The third-order valence-electron chi connectivity index (χ3n) is 0.482. The van der Waals surface area contributed by atoms with Gasteiger partial charge in [-0.05, 0) is 0 Å².